The van der Waals surface area contributed by atoms with E-state index in [1.807, 2.05) is 60.7 Å². The average Bonchev–Trinajstić information content (AvgIpc) is 2.81. The van der Waals surface area contributed by atoms with Gasteiger partial charge in [0.05, 0.1) is 0 Å². The summed E-state index contributed by atoms with van der Waals surface area (Å²) in [4.78, 5) is 0. The molecule has 0 amide bonds. The standard InChI is InChI=1S/2C5H5.C4H11Si.Zr/c2*1-2-4-5-3-1;1-5(2,3)4;/h2*1-5H;1H2,2-4H3;/q3*-1;+3. The van der Waals surface area contributed by atoms with E-state index in [9.17, 15) is 0 Å². The van der Waals surface area contributed by atoms with Crippen molar-refractivity contribution in [1.82, 2.24) is 0 Å². The first-order valence-corrected chi connectivity index (χ1v) is 8.89. The Kier molecular flexibility index (Phi) is 12.8. The molecule has 0 heterocycles. The van der Waals surface area contributed by atoms with Gasteiger partial charge in [-0.05, 0) is 0 Å². The minimum Gasteiger partial charge on any atom is -0.342 e. The Morgan fingerprint density at radius 2 is 0.938 bits per heavy atom. The van der Waals surface area contributed by atoms with Crippen LogP contribution in [0.25, 0.3) is 0 Å². The topological polar surface area (TPSA) is 0 Å². The first kappa shape index (κ1) is 18.2. The van der Waals surface area contributed by atoms with E-state index in [0.717, 1.165) is 0 Å². The van der Waals surface area contributed by atoms with Crippen LogP contribution in [0.3, 0.4) is 0 Å². The zero-order valence-corrected chi connectivity index (χ0v) is 13.9. The van der Waals surface area contributed by atoms with Crippen molar-refractivity contribution in [1.29, 1.82) is 0 Å². The van der Waals surface area contributed by atoms with Gasteiger partial charge in [0.15, 0.2) is 0 Å². The van der Waals surface area contributed by atoms with Gasteiger partial charge in [0.2, 0.25) is 0 Å². The SMILES string of the molecule is [CH2-][Si](C)(C)C.[Zr+3].c1cc[cH-]c1.c1cc[cH-]c1. The van der Waals surface area contributed by atoms with Crippen molar-refractivity contribution in [3.63, 3.8) is 0 Å². The molecule has 0 aliphatic carbocycles. The van der Waals surface area contributed by atoms with Crippen molar-refractivity contribution in [2.24, 2.45) is 0 Å². The van der Waals surface area contributed by atoms with Crippen molar-refractivity contribution in [2.75, 3.05) is 0 Å². The van der Waals surface area contributed by atoms with Crippen LogP contribution in [0.1, 0.15) is 0 Å². The van der Waals surface area contributed by atoms with E-state index in [1.165, 1.54) is 0 Å². The smallest absolute Gasteiger partial charge is 0.342 e. The van der Waals surface area contributed by atoms with Crippen molar-refractivity contribution in [3.8, 4) is 0 Å². The van der Waals surface area contributed by atoms with E-state index in [2.05, 4.69) is 26.2 Å². The molecule has 0 saturated heterocycles. The molecule has 0 atom stereocenters. The molecule has 0 N–H and O–H groups in total. The van der Waals surface area contributed by atoms with Crippen LogP contribution in [0.15, 0.2) is 60.7 Å². The van der Waals surface area contributed by atoms with Crippen molar-refractivity contribution in [3.05, 3.63) is 67.2 Å². The van der Waals surface area contributed by atoms with E-state index in [1.54, 1.807) is 0 Å². The maximum atomic E-state index is 3.91. The maximum absolute atomic E-state index is 3.91. The molecule has 0 aliphatic rings. The maximum Gasteiger partial charge on any atom is 3.00 e. The van der Waals surface area contributed by atoms with Crippen LogP contribution in [-0.4, -0.2) is 8.07 Å². The van der Waals surface area contributed by atoms with Gasteiger partial charge in [0.1, 0.15) is 0 Å². The van der Waals surface area contributed by atoms with Crippen LogP contribution in [0.4, 0.5) is 0 Å². The molecule has 2 aromatic rings. The molecule has 16 heavy (non-hydrogen) atoms. The van der Waals surface area contributed by atoms with Crippen LogP contribution >= 0.6 is 0 Å². The Bertz CT molecular complexity index is 210. The van der Waals surface area contributed by atoms with Crippen molar-refractivity contribution < 1.29 is 26.2 Å². The van der Waals surface area contributed by atoms with E-state index in [4.69, 9.17) is 0 Å². The van der Waals surface area contributed by atoms with Crippen molar-refractivity contribution in [2.45, 2.75) is 19.6 Å². The van der Waals surface area contributed by atoms with Crippen LogP contribution < -0.4 is 0 Å². The van der Waals surface area contributed by atoms with E-state index in [0.29, 0.717) is 0 Å². The van der Waals surface area contributed by atoms with Gasteiger partial charge < -0.3 is 6.55 Å². The molecule has 85 valence electrons. The average molecular weight is 309 g/mol. The van der Waals surface area contributed by atoms with E-state index < -0.39 is 8.07 Å². The summed E-state index contributed by atoms with van der Waals surface area (Å²) in [5, 5.41) is 0. The molecule has 0 bridgehead atoms. The minimum atomic E-state index is -0.861. The Hall–Kier alpha value is -0.200. The third-order valence-corrected chi connectivity index (χ3v) is 1.11. The summed E-state index contributed by atoms with van der Waals surface area (Å²) >= 11 is 0. The van der Waals surface area contributed by atoms with Gasteiger partial charge >= 0.3 is 26.2 Å². The Morgan fingerprint density at radius 3 is 1.00 bits per heavy atom. The minimum absolute atomic E-state index is 0. The van der Waals surface area contributed by atoms with E-state index >= 15 is 0 Å². The first-order chi connectivity index (χ1) is 7.00. The second-order valence-electron chi connectivity index (χ2n) is 4.49. The Labute approximate surface area is 121 Å². The third kappa shape index (κ3) is 23.5. The van der Waals surface area contributed by atoms with Gasteiger partial charge in [0.25, 0.3) is 0 Å². The zero-order valence-electron chi connectivity index (χ0n) is 10.5. The number of hydrogen-bond acceptors (Lipinski definition) is 0. The summed E-state index contributed by atoms with van der Waals surface area (Å²) in [6, 6.07) is 20.0. The molecule has 2 heteroatoms. The molecule has 0 spiro atoms. The summed E-state index contributed by atoms with van der Waals surface area (Å²) in [6.45, 7) is 10.6. The number of hydrogen-bond donors (Lipinski definition) is 0. The van der Waals surface area contributed by atoms with Gasteiger partial charge in [-0.25, -0.2) is 24.3 Å². The number of rotatable bonds is 0. The largest absolute Gasteiger partial charge is 3.00 e. The molecular weight excluding hydrogens is 287 g/mol. The van der Waals surface area contributed by atoms with Crippen LogP contribution in [0.2, 0.25) is 19.6 Å². The summed E-state index contributed by atoms with van der Waals surface area (Å²) < 4.78 is 0. The molecule has 2 rings (SSSR count). The van der Waals surface area contributed by atoms with Gasteiger partial charge in [0, 0.05) is 0 Å². The fraction of sp³-hybridized carbons (Fsp3) is 0.214. The van der Waals surface area contributed by atoms with Gasteiger partial charge in [-0.3, -0.25) is 0 Å². The van der Waals surface area contributed by atoms with Gasteiger partial charge in [-0.1, -0.05) is 19.6 Å². The summed E-state index contributed by atoms with van der Waals surface area (Å²) in [6.07, 6.45) is 0. The monoisotopic (exact) mass is 307 g/mol. The third-order valence-electron chi connectivity index (χ3n) is 1.11. The fourth-order valence-electron chi connectivity index (χ4n) is 0.642. The predicted octanol–water partition coefficient (Wildman–Crippen LogP) is 4.51. The summed E-state index contributed by atoms with van der Waals surface area (Å²) in [5.41, 5.74) is 0. The zero-order chi connectivity index (χ0) is 11.6. The molecule has 1 radical (unpaired) electrons. The van der Waals surface area contributed by atoms with Crippen LogP contribution in [-0.2, 0) is 26.2 Å². The molecular formula is C14H21SiZr. The molecule has 0 aromatic heterocycles. The quantitative estimate of drug-likeness (QED) is 0.496. The Morgan fingerprint density at radius 1 is 0.750 bits per heavy atom. The molecule has 0 nitrogen and oxygen atoms in total. The normalized spacial score (nSPS) is 8.75. The van der Waals surface area contributed by atoms with Gasteiger partial charge in [-0.15, -0.1) is 8.07 Å². The van der Waals surface area contributed by atoms with Crippen LogP contribution in [0.5, 0.6) is 0 Å². The fourth-order valence-corrected chi connectivity index (χ4v) is 0.642. The first-order valence-electron chi connectivity index (χ1n) is 5.19. The second-order valence-corrected chi connectivity index (χ2v) is 9.61. The molecule has 0 saturated carbocycles. The molecule has 0 unspecified atom stereocenters. The van der Waals surface area contributed by atoms with Gasteiger partial charge in [-0.2, -0.15) is 36.4 Å². The summed E-state index contributed by atoms with van der Waals surface area (Å²) in [7, 11) is -0.861. The van der Waals surface area contributed by atoms with Crippen LogP contribution in [0, 0.1) is 6.55 Å². The van der Waals surface area contributed by atoms with Crippen molar-refractivity contribution >= 4 is 8.07 Å². The summed E-state index contributed by atoms with van der Waals surface area (Å²) in [5.74, 6) is 0. The second kappa shape index (κ2) is 11.3. The molecule has 0 aliphatic heterocycles. The predicted molar refractivity (Wildman–Crippen MR) is 72.8 cm³/mol. The molecule has 2 aromatic carbocycles. The van der Waals surface area contributed by atoms with E-state index in [-0.39, 0.29) is 26.2 Å². The molecule has 0 fully saturated rings. The Balaban J connectivity index is 0.